The van der Waals surface area contributed by atoms with Gasteiger partial charge in [0.15, 0.2) is 5.16 Å². The zero-order valence-corrected chi connectivity index (χ0v) is 19.5. The number of benzene rings is 2. The molecule has 162 valence electrons. The van der Waals surface area contributed by atoms with Gasteiger partial charge in [0.1, 0.15) is 5.82 Å². The molecule has 1 heterocycles. The Labute approximate surface area is 194 Å². The smallest absolute Gasteiger partial charge is 0.234 e. The second kappa shape index (κ2) is 10.2. The van der Waals surface area contributed by atoms with E-state index in [1.54, 1.807) is 29.8 Å². The van der Waals surface area contributed by atoms with Crippen LogP contribution in [-0.2, 0) is 23.1 Å². The van der Waals surface area contributed by atoms with Crippen LogP contribution in [0.3, 0.4) is 0 Å². The molecule has 2 N–H and O–H groups in total. The van der Waals surface area contributed by atoms with Crippen LogP contribution in [0.1, 0.15) is 17.0 Å². The van der Waals surface area contributed by atoms with E-state index in [1.807, 2.05) is 32.0 Å². The summed E-state index contributed by atoms with van der Waals surface area (Å²) in [6.45, 7) is 3.95. The molecule has 1 aromatic heterocycles. The number of nitrogens with one attached hydrogen (secondary N) is 2. The number of aromatic nitrogens is 3. The van der Waals surface area contributed by atoms with Gasteiger partial charge in [-0.25, -0.2) is 0 Å². The molecule has 0 fully saturated rings. The number of hydrogen-bond acceptors (Lipinski definition) is 5. The SMILES string of the molecule is Cc1ccc(NC(=O)Cc2nnc(SCC(=O)Nc3ccc(Cl)cc3Cl)n2C)c(C)c1. The first-order valence-corrected chi connectivity index (χ1v) is 11.1. The predicted octanol–water partition coefficient (Wildman–Crippen LogP) is 4.65. The van der Waals surface area contributed by atoms with Gasteiger partial charge in [0.25, 0.3) is 0 Å². The van der Waals surface area contributed by atoms with Gasteiger partial charge >= 0.3 is 0 Å². The summed E-state index contributed by atoms with van der Waals surface area (Å²) in [6, 6.07) is 10.7. The zero-order valence-electron chi connectivity index (χ0n) is 17.2. The molecule has 0 aliphatic rings. The van der Waals surface area contributed by atoms with Crippen molar-refractivity contribution in [3.05, 3.63) is 63.4 Å². The van der Waals surface area contributed by atoms with Gasteiger partial charge in [-0.2, -0.15) is 0 Å². The van der Waals surface area contributed by atoms with Crippen LogP contribution in [0.15, 0.2) is 41.6 Å². The number of amides is 2. The number of nitrogens with zero attached hydrogens (tertiary/aromatic N) is 3. The molecule has 7 nitrogen and oxygen atoms in total. The van der Waals surface area contributed by atoms with E-state index in [1.165, 1.54) is 11.8 Å². The molecule has 10 heteroatoms. The number of carbonyl (C=O) groups excluding carboxylic acids is 2. The van der Waals surface area contributed by atoms with Crippen molar-refractivity contribution in [1.82, 2.24) is 14.8 Å². The molecule has 3 aromatic rings. The Morgan fingerprint density at radius 1 is 1.00 bits per heavy atom. The van der Waals surface area contributed by atoms with Crippen molar-refractivity contribution in [2.75, 3.05) is 16.4 Å². The lowest BCUT2D eigenvalue weighted by Gasteiger charge is -2.09. The van der Waals surface area contributed by atoms with Crippen molar-refractivity contribution in [2.24, 2.45) is 7.05 Å². The van der Waals surface area contributed by atoms with Gasteiger partial charge in [-0.3, -0.25) is 9.59 Å². The molecule has 2 amide bonds. The van der Waals surface area contributed by atoms with E-state index >= 15 is 0 Å². The molecule has 0 atom stereocenters. The van der Waals surface area contributed by atoms with E-state index < -0.39 is 0 Å². The highest BCUT2D eigenvalue weighted by molar-refractivity contribution is 7.99. The summed E-state index contributed by atoms with van der Waals surface area (Å²) < 4.78 is 1.70. The number of thioether (sulfide) groups is 1. The van der Waals surface area contributed by atoms with Gasteiger partial charge in [-0.1, -0.05) is 52.7 Å². The number of rotatable bonds is 7. The minimum absolute atomic E-state index is 0.0734. The lowest BCUT2D eigenvalue weighted by Crippen LogP contribution is -2.18. The number of aryl methyl sites for hydroxylation is 2. The van der Waals surface area contributed by atoms with Gasteiger partial charge in [0.2, 0.25) is 11.8 Å². The van der Waals surface area contributed by atoms with E-state index in [9.17, 15) is 9.59 Å². The Morgan fingerprint density at radius 2 is 1.71 bits per heavy atom. The van der Waals surface area contributed by atoms with E-state index in [0.29, 0.717) is 26.7 Å². The second-order valence-corrected chi connectivity index (χ2v) is 8.75. The van der Waals surface area contributed by atoms with Gasteiger partial charge in [-0.05, 0) is 43.7 Å². The number of carbonyl (C=O) groups is 2. The van der Waals surface area contributed by atoms with Crippen molar-refractivity contribution in [2.45, 2.75) is 25.4 Å². The zero-order chi connectivity index (χ0) is 22.5. The van der Waals surface area contributed by atoms with E-state index in [2.05, 4.69) is 20.8 Å². The quantitative estimate of drug-likeness (QED) is 0.483. The normalized spacial score (nSPS) is 10.7. The molecule has 3 rings (SSSR count). The van der Waals surface area contributed by atoms with Crippen molar-refractivity contribution in [1.29, 1.82) is 0 Å². The van der Waals surface area contributed by atoms with Crippen LogP contribution < -0.4 is 10.6 Å². The molecule has 0 unspecified atom stereocenters. The number of anilines is 2. The Kier molecular flexibility index (Phi) is 7.59. The van der Waals surface area contributed by atoms with E-state index in [-0.39, 0.29) is 24.0 Å². The summed E-state index contributed by atoms with van der Waals surface area (Å²) >= 11 is 13.2. The third-order valence-electron chi connectivity index (χ3n) is 4.44. The number of hydrogen-bond donors (Lipinski definition) is 2. The first kappa shape index (κ1) is 23.1. The molecule has 0 aliphatic heterocycles. The minimum Gasteiger partial charge on any atom is -0.325 e. The van der Waals surface area contributed by atoms with Gasteiger partial charge in [0, 0.05) is 17.8 Å². The molecule has 0 saturated carbocycles. The Hall–Kier alpha value is -2.55. The Bertz CT molecular complexity index is 1130. The average molecular weight is 478 g/mol. The summed E-state index contributed by atoms with van der Waals surface area (Å²) in [5.74, 6) is 0.186. The van der Waals surface area contributed by atoms with Crippen molar-refractivity contribution >= 4 is 58.2 Å². The average Bonchev–Trinajstić information content (AvgIpc) is 3.04. The summed E-state index contributed by atoms with van der Waals surface area (Å²) in [5, 5.41) is 15.2. The van der Waals surface area contributed by atoms with Crippen LogP contribution in [0.25, 0.3) is 0 Å². The van der Waals surface area contributed by atoms with Crippen LogP contribution >= 0.6 is 35.0 Å². The molecule has 0 spiro atoms. The standard InChI is InChI=1S/C21H21Cl2N5O2S/c1-12-4-6-16(13(2)8-12)24-19(29)10-18-26-27-21(28(18)3)31-11-20(30)25-17-7-5-14(22)9-15(17)23/h4-9H,10-11H2,1-3H3,(H,24,29)(H,25,30). The maximum Gasteiger partial charge on any atom is 0.234 e. The second-order valence-electron chi connectivity index (χ2n) is 6.96. The van der Waals surface area contributed by atoms with Crippen LogP contribution in [0.4, 0.5) is 11.4 Å². The van der Waals surface area contributed by atoms with Crippen molar-refractivity contribution < 1.29 is 9.59 Å². The lowest BCUT2D eigenvalue weighted by molar-refractivity contribution is -0.116. The largest absolute Gasteiger partial charge is 0.325 e. The van der Waals surface area contributed by atoms with Crippen LogP contribution in [0.5, 0.6) is 0 Å². The summed E-state index contributed by atoms with van der Waals surface area (Å²) in [6.07, 6.45) is 0.0734. The molecule has 0 saturated heterocycles. The van der Waals surface area contributed by atoms with Crippen molar-refractivity contribution in [3.8, 4) is 0 Å². The Morgan fingerprint density at radius 3 is 2.42 bits per heavy atom. The lowest BCUT2D eigenvalue weighted by atomic mass is 10.1. The summed E-state index contributed by atoms with van der Waals surface area (Å²) in [7, 11) is 1.76. The van der Waals surface area contributed by atoms with Gasteiger partial charge in [0.05, 0.1) is 22.9 Å². The topological polar surface area (TPSA) is 88.9 Å². The maximum atomic E-state index is 12.4. The monoisotopic (exact) mass is 477 g/mol. The molecule has 31 heavy (non-hydrogen) atoms. The fourth-order valence-corrected chi connectivity index (χ4v) is 4.01. The highest BCUT2D eigenvalue weighted by atomic mass is 35.5. The van der Waals surface area contributed by atoms with E-state index in [0.717, 1.165) is 16.8 Å². The summed E-state index contributed by atoms with van der Waals surface area (Å²) in [5.41, 5.74) is 3.38. The molecule has 0 radical (unpaired) electrons. The van der Waals surface area contributed by atoms with Crippen LogP contribution in [0, 0.1) is 13.8 Å². The molecular formula is C21H21Cl2N5O2S. The number of halogens is 2. The fourth-order valence-electron chi connectivity index (χ4n) is 2.82. The van der Waals surface area contributed by atoms with Gasteiger partial charge in [-0.15, -0.1) is 10.2 Å². The first-order chi connectivity index (χ1) is 14.7. The van der Waals surface area contributed by atoms with Crippen LogP contribution in [-0.4, -0.2) is 32.3 Å². The molecular weight excluding hydrogens is 457 g/mol. The van der Waals surface area contributed by atoms with Crippen LogP contribution in [0.2, 0.25) is 10.0 Å². The summed E-state index contributed by atoms with van der Waals surface area (Å²) in [4.78, 5) is 24.7. The molecule has 0 bridgehead atoms. The molecule has 2 aromatic carbocycles. The fraction of sp³-hybridized carbons (Fsp3) is 0.238. The molecule has 0 aliphatic carbocycles. The van der Waals surface area contributed by atoms with Gasteiger partial charge < -0.3 is 15.2 Å². The highest BCUT2D eigenvalue weighted by Crippen LogP contribution is 2.26. The predicted molar refractivity (Wildman–Crippen MR) is 125 cm³/mol. The minimum atomic E-state index is -0.244. The third-order valence-corrected chi connectivity index (χ3v) is 6.01. The maximum absolute atomic E-state index is 12.4. The third kappa shape index (κ3) is 6.22. The first-order valence-electron chi connectivity index (χ1n) is 9.36. The Balaban J connectivity index is 1.55. The highest BCUT2D eigenvalue weighted by Gasteiger charge is 2.15. The van der Waals surface area contributed by atoms with Crippen molar-refractivity contribution in [3.63, 3.8) is 0 Å². The van der Waals surface area contributed by atoms with E-state index in [4.69, 9.17) is 23.2 Å².